The first-order chi connectivity index (χ1) is 26.0. The maximum Gasteiger partial charge on any atom is 0.167 e. The van der Waals surface area contributed by atoms with E-state index in [4.69, 9.17) is 19.7 Å². The van der Waals surface area contributed by atoms with Crippen molar-refractivity contribution in [1.82, 2.24) is 15.0 Å². The summed E-state index contributed by atoms with van der Waals surface area (Å²) in [4.78, 5) is 15.2. The molecule has 0 atom stereocenters. The Bertz CT molecular complexity index is 2460. The van der Waals surface area contributed by atoms with E-state index in [2.05, 4.69) is 126 Å². The summed E-state index contributed by atoms with van der Waals surface area (Å²) in [7, 11) is 0. The molecular formula is C49H42N4O. The molecule has 0 aliphatic carbocycles. The van der Waals surface area contributed by atoms with Gasteiger partial charge in [-0.1, -0.05) is 151 Å². The number of nitrogens with zero attached hydrogens (tertiary/aromatic N) is 4. The second-order valence-corrected chi connectivity index (χ2v) is 16.0. The maximum absolute atomic E-state index is 9.47. The molecule has 6 aromatic carbocycles. The minimum atomic E-state index is -0.724. The summed E-state index contributed by atoms with van der Waals surface area (Å²) >= 11 is 0. The van der Waals surface area contributed by atoms with Crippen molar-refractivity contribution in [2.45, 2.75) is 57.8 Å². The smallest absolute Gasteiger partial charge is 0.167 e. The number of rotatable bonds is 5. The van der Waals surface area contributed by atoms with Gasteiger partial charge in [-0.3, -0.25) is 0 Å². The van der Waals surface area contributed by atoms with Crippen LogP contribution in [0.2, 0.25) is 0 Å². The zero-order valence-corrected chi connectivity index (χ0v) is 31.6. The van der Waals surface area contributed by atoms with Crippen molar-refractivity contribution in [2.75, 3.05) is 0 Å². The molecule has 0 radical (unpaired) electrons. The summed E-state index contributed by atoms with van der Waals surface area (Å²) in [5.41, 5.74) is 9.19. The molecule has 5 nitrogen and oxygen atoms in total. The van der Waals surface area contributed by atoms with Crippen molar-refractivity contribution in [2.24, 2.45) is 0 Å². The Labute approximate surface area is 318 Å². The van der Waals surface area contributed by atoms with Crippen molar-refractivity contribution in [1.29, 1.82) is 5.26 Å². The molecule has 1 aromatic heterocycles. The van der Waals surface area contributed by atoms with Crippen molar-refractivity contribution in [3.05, 3.63) is 185 Å². The van der Waals surface area contributed by atoms with Gasteiger partial charge >= 0.3 is 0 Å². The summed E-state index contributed by atoms with van der Waals surface area (Å²) in [6, 6.07) is 52.4. The van der Waals surface area contributed by atoms with Crippen LogP contribution >= 0.6 is 0 Å². The third kappa shape index (κ3) is 6.04. The van der Waals surface area contributed by atoms with Gasteiger partial charge in [0.1, 0.15) is 11.5 Å². The second-order valence-electron chi connectivity index (χ2n) is 16.0. The van der Waals surface area contributed by atoms with Crippen LogP contribution in [0.3, 0.4) is 0 Å². The van der Waals surface area contributed by atoms with E-state index in [0.29, 0.717) is 28.8 Å². The van der Waals surface area contributed by atoms with E-state index in [0.717, 1.165) is 44.7 Å². The van der Waals surface area contributed by atoms with Gasteiger partial charge in [0.25, 0.3) is 0 Å². The van der Waals surface area contributed by atoms with Crippen molar-refractivity contribution in [3.8, 4) is 51.7 Å². The Morgan fingerprint density at radius 2 is 1.00 bits per heavy atom. The molecule has 5 heteroatoms. The molecule has 0 amide bonds. The van der Waals surface area contributed by atoms with Gasteiger partial charge < -0.3 is 4.74 Å². The van der Waals surface area contributed by atoms with E-state index in [1.54, 1.807) is 12.1 Å². The average Bonchev–Trinajstić information content (AvgIpc) is 3.19. The van der Waals surface area contributed by atoms with Crippen molar-refractivity contribution >= 4 is 0 Å². The van der Waals surface area contributed by atoms with Crippen LogP contribution in [0.25, 0.3) is 34.2 Å². The van der Waals surface area contributed by atoms with E-state index in [9.17, 15) is 5.26 Å². The lowest BCUT2D eigenvalue weighted by molar-refractivity contribution is 0.435. The Morgan fingerprint density at radius 3 is 1.56 bits per heavy atom. The van der Waals surface area contributed by atoms with Crippen LogP contribution in [0.5, 0.6) is 11.5 Å². The summed E-state index contributed by atoms with van der Waals surface area (Å²) in [5, 5.41) is 9.47. The molecule has 264 valence electrons. The number of hydrogen-bond acceptors (Lipinski definition) is 5. The number of nitriles is 1. The fourth-order valence-electron chi connectivity index (χ4n) is 7.50. The molecule has 1 aliphatic rings. The number of ether oxygens (including phenoxy) is 1. The Morgan fingerprint density at radius 1 is 0.500 bits per heavy atom. The topological polar surface area (TPSA) is 71.7 Å². The SMILES string of the molecule is CC(C)(C)c1ccc(C2(c3ccc(C(C)(C)C)cc3)c3ccccc3Oc3c(-c4nc(-c5ccccc5)nc(-c5ccc(C#N)cc5)n4)cccc32)cc1. The first-order valence-corrected chi connectivity index (χ1v) is 18.4. The minimum Gasteiger partial charge on any atom is -0.456 e. The zero-order valence-electron chi connectivity index (χ0n) is 31.6. The number of hydrogen-bond donors (Lipinski definition) is 0. The molecule has 1 aliphatic heterocycles. The standard InChI is InChI=1S/C49H42N4O/c1-47(2,3)35-23-27-37(28-24-35)49(38-29-25-36(26-30-38)48(4,5)6)40-16-10-11-18-42(40)54-43-39(15-12-17-41(43)49)46-52-44(33-13-8-7-9-14-33)51-45(53-46)34-21-19-32(31-50)20-22-34/h7-30H,1-6H3. The largest absolute Gasteiger partial charge is 0.456 e. The molecule has 0 bridgehead atoms. The molecule has 2 heterocycles. The van der Waals surface area contributed by atoms with Crippen LogP contribution in [-0.2, 0) is 16.2 Å². The molecule has 0 saturated carbocycles. The average molecular weight is 703 g/mol. The number of fused-ring (bicyclic) bond motifs is 2. The van der Waals surface area contributed by atoms with Gasteiger partial charge in [0.2, 0.25) is 0 Å². The van der Waals surface area contributed by atoms with E-state index < -0.39 is 5.41 Å². The van der Waals surface area contributed by atoms with Gasteiger partial charge in [-0.25, -0.2) is 15.0 Å². The van der Waals surface area contributed by atoms with Gasteiger partial charge in [0.15, 0.2) is 17.5 Å². The highest BCUT2D eigenvalue weighted by Crippen LogP contribution is 2.57. The lowest BCUT2D eigenvalue weighted by Gasteiger charge is -2.42. The highest BCUT2D eigenvalue weighted by atomic mass is 16.5. The third-order valence-corrected chi connectivity index (χ3v) is 10.5. The molecule has 8 rings (SSSR count). The van der Waals surface area contributed by atoms with Crippen LogP contribution < -0.4 is 4.74 Å². The molecule has 0 unspecified atom stereocenters. The van der Waals surface area contributed by atoms with Crippen LogP contribution in [-0.4, -0.2) is 15.0 Å². The number of para-hydroxylation sites is 2. The molecule has 7 aromatic rings. The normalized spacial score (nSPS) is 13.3. The predicted molar refractivity (Wildman–Crippen MR) is 217 cm³/mol. The van der Waals surface area contributed by atoms with Crippen LogP contribution in [0, 0.1) is 11.3 Å². The van der Waals surface area contributed by atoms with Crippen LogP contribution in [0.1, 0.15) is 80.5 Å². The van der Waals surface area contributed by atoms with Crippen molar-refractivity contribution in [3.63, 3.8) is 0 Å². The first-order valence-electron chi connectivity index (χ1n) is 18.4. The monoisotopic (exact) mass is 702 g/mol. The van der Waals surface area contributed by atoms with Gasteiger partial charge in [0, 0.05) is 22.3 Å². The zero-order chi connectivity index (χ0) is 37.7. The molecule has 54 heavy (non-hydrogen) atoms. The lowest BCUT2D eigenvalue weighted by Crippen LogP contribution is -2.34. The van der Waals surface area contributed by atoms with Gasteiger partial charge in [-0.05, 0) is 69.5 Å². The number of aromatic nitrogens is 3. The molecular weight excluding hydrogens is 661 g/mol. The quantitative estimate of drug-likeness (QED) is 0.178. The predicted octanol–water partition coefficient (Wildman–Crippen LogP) is 11.8. The molecule has 0 N–H and O–H groups in total. The Balaban J connectivity index is 1.42. The highest BCUT2D eigenvalue weighted by molar-refractivity contribution is 5.78. The molecule has 0 fully saturated rings. The minimum absolute atomic E-state index is 0.000486. The summed E-state index contributed by atoms with van der Waals surface area (Å²) < 4.78 is 7.00. The highest BCUT2D eigenvalue weighted by Gasteiger charge is 2.46. The fraction of sp³-hybridized carbons (Fsp3) is 0.184. The summed E-state index contributed by atoms with van der Waals surface area (Å²) in [5.74, 6) is 3.04. The van der Waals surface area contributed by atoms with E-state index in [1.165, 1.54) is 11.1 Å². The maximum atomic E-state index is 9.47. The summed E-state index contributed by atoms with van der Waals surface area (Å²) in [6.07, 6.45) is 0. The van der Waals surface area contributed by atoms with E-state index in [-0.39, 0.29) is 10.8 Å². The van der Waals surface area contributed by atoms with Crippen molar-refractivity contribution < 1.29 is 4.74 Å². The van der Waals surface area contributed by atoms with E-state index in [1.807, 2.05) is 54.6 Å². The van der Waals surface area contributed by atoms with Gasteiger partial charge in [0.05, 0.1) is 22.6 Å². The van der Waals surface area contributed by atoms with Gasteiger partial charge in [-0.15, -0.1) is 0 Å². The van der Waals surface area contributed by atoms with Crippen LogP contribution in [0.4, 0.5) is 0 Å². The van der Waals surface area contributed by atoms with E-state index >= 15 is 0 Å². The molecule has 0 saturated heterocycles. The lowest BCUT2D eigenvalue weighted by atomic mass is 9.63. The summed E-state index contributed by atoms with van der Waals surface area (Å²) in [6.45, 7) is 13.5. The Hall–Kier alpha value is -6.38. The number of benzene rings is 6. The fourth-order valence-corrected chi connectivity index (χ4v) is 7.50. The first kappa shape index (κ1) is 34.7. The second kappa shape index (κ2) is 13.2. The Kier molecular flexibility index (Phi) is 8.50. The van der Waals surface area contributed by atoms with Crippen LogP contribution in [0.15, 0.2) is 146 Å². The molecule has 0 spiro atoms. The van der Waals surface area contributed by atoms with Gasteiger partial charge in [-0.2, -0.15) is 5.26 Å². The third-order valence-electron chi connectivity index (χ3n) is 10.5.